The van der Waals surface area contributed by atoms with E-state index in [1.807, 2.05) is 0 Å². The molecule has 2 saturated heterocycles. The van der Waals surface area contributed by atoms with E-state index in [1.54, 1.807) is 0 Å². The van der Waals surface area contributed by atoms with Gasteiger partial charge in [-0.15, -0.1) is 0 Å². The summed E-state index contributed by atoms with van der Waals surface area (Å²) in [5.74, 6) is 0.600. The third kappa shape index (κ3) is 4.21. The SMILES string of the molecule is NC1CCC(NC2=CC(N3CCOCC3)=CC3NCCCCC23)CC1. The predicted octanol–water partition coefficient (Wildman–Crippen LogP) is 1.72. The maximum Gasteiger partial charge on any atom is 0.0642 e. The molecule has 5 nitrogen and oxygen atoms in total. The molecule has 4 rings (SSSR count). The summed E-state index contributed by atoms with van der Waals surface area (Å²) < 4.78 is 5.54. The van der Waals surface area contributed by atoms with Crippen LogP contribution in [0.2, 0.25) is 0 Å². The van der Waals surface area contributed by atoms with E-state index in [-0.39, 0.29) is 0 Å². The second-order valence-electron chi connectivity index (χ2n) is 8.13. The Morgan fingerprint density at radius 1 is 1.08 bits per heavy atom. The monoisotopic (exact) mass is 346 g/mol. The average Bonchev–Trinajstić information content (AvgIpc) is 2.90. The molecule has 2 atom stereocenters. The molecule has 2 aliphatic heterocycles. The largest absolute Gasteiger partial charge is 0.385 e. The first-order valence-corrected chi connectivity index (χ1v) is 10.3. The molecule has 4 N–H and O–H groups in total. The minimum atomic E-state index is 0.412. The molecule has 0 bridgehead atoms. The van der Waals surface area contributed by atoms with Crippen LogP contribution in [0.3, 0.4) is 0 Å². The fourth-order valence-corrected chi connectivity index (χ4v) is 4.77. The van der Waals surface area contributed by atoms with Crippen LogP contribution in [0.25, 0.3) is 0 Å². The van der Waals surface area contributed by atoms with Gasteiger partial charge in [0, 0.05) is 48.5 Å². The van der Waals surface area contributed by atoms with Gasteiger partial charge in [-0.25, -0.2) is 0 Å². The lowest BCUT2D eigenvalue weighted by atomic mass is 9.85. The number of nitrogens with zero attached hydrogens (tertiary/aromatic N) is 1. The second kappa shape index (κ2) is 8.11. The maximum atomic E-state index is 6.10. The van der Waals surface area contributed by atoms with Crippen molar-refractivity contribution < 1.29 is 4.74 Å². The Kier molecular flexibility index (Phi) is 5.63. The number of allylic oxidation sites excluding steroid dienone is 1. The zero-order chi connectivity index (χ0) is 17.1. The van der Waals surface area contributed by atoms with E-state index >= 15 is 0 Å². The Morgan fingerprint density at radius 3 is 2.68 bits per heavy atom. The van der Waals surface area contributed by atoms with Crippen LogP contribution in [0.15, 0.2) is 23.5 Å². The van der Waals surface area contributed by atoms with Crippen molar-refractivity contribution in [1.29, 1.82) is 0 Å². The van der Waals surface area contributed by atoms with Crippen LogP contribution in [0.5, 0.6) is 0 Å². The van der Waals surface area contributed by atoms with Gasteiger partial charge in [-0.1, -0.05) is 6.42 Å². The normalized spacial score (nSPS) is 36.8. The summed E-state index contributed by atoms with van der Waals surface area (Å²) in [6.45, 7) is 4.84. The highest BCUT2D eigenvalue weighted by molar-refractivity contribution is 5.33. The lowest BCUT2D eigenvalue weighted by Crippen LogP contribution is -2.45. The summed E-state index contributed by atoms with van der Waals surface area (Å²) in [4.78, 5) is 2.49. The fraction of sp³-hybridized carbons (Fsp3) is 0.800. The Balaban J connectivity index is 1.52. The number of nitrogens with one attached hydrogen (secondary N) is 2. The maximum absolute atomic E-state index is 6.10. The zero-order valence-corrected chi connectivity index (χ0v) is 15.4. The molecular formula is C20H34N4O. The summed E-state index contributed by atoms with van der Waals surface area (Å²) in [5, 5.41) is 7.73. The quantitative estimate of drug-likeness (QED) is 0.726. The molecule has 0 amide bonds. The van der Waals surface area contributed by atoms with E-state index in [1.165, 1.54) is 43.5 Å². The van der Waals surface area contributed by atoms with Crippen molar-refractivity contribution in [3.05, 3.63) is 23.5 Å². The molecule has 3 fully saturated rings. The summed E-state index contributed by atoms with van der Waals surface area (Å²) in [5.41, 5.74) is 8.94. The highest BCUT2D eigenvalue weighted by Gasteiger charge is 2.32. The number of hydrogen-bond donors (Lipinski definition) is 3. The van der Waals surface area contributed by atoms with Gasteiger partial charge in [-0.05, 0) is 57.2 Å². The van der Waals surface area contributed by atoms with Crippen molar-refractivity contribution in [1.82, 2.24) is 15.5 Å². The first-order chi connectivity index (χ1) is 12.3. The van der Waals surface area contributed by atoms with Crippen molar-refractivity contribution in [2.75, 3.05) is 32.8 Å². The summed E-state index contributed by atoms with van der Waals surface area (Å²) in [6, 6.07) is 1.48. The van der Waals surface area contributed by atoms with Gasteiger partial charge in [0.2, 0.25) is 0 Å². The van der Waals surface area contributed by atoms with Gasteiger partial charge < -0.3 is 26.0 Å². The molecule has 2 heterocycles. The van der Waals surface area contributed by atoms with E-state index in [4.69, 9.17) is 10.5 Å². The molecule has 140 valence electrons. The van der Waals surface area contributed by atoms with Gasteiger partial charge in [0.05, 0.1) is 13.2 Å². The number of rotatable bonds is 3. The molecule has 0 aromatic heterocycles. The summed E-state index contributed by atoms with van der Waals surface area (Å²) in [7, 11) is 0. The number of fused-ring (bicyclic) bond motifs is 1. The molecular weight excluding hydrogens is 312 g/mol. The van der Waals surface area contributed by atoms with Gasteiger partial charge >= 0.3 is 0 Å². The number of morpholine rings is 1. The predicted molar refractivity (Wildman–Crippen MR) is 101 cm³/mol. The second-order valence-corrected chi connectivity index (χ2v) is 8.13. The summed E-state index contributed by atoms with van der Waals surface area (Å²) >= 11 is 0. The van der Waals surface area contributed by atoms with Crippen LogP contribution in [0, 0.1) is 5.92 Å². The Bertz CT molecular complexity index is 504. The number of hydrogen-bond acceptors (Lipinski definition) is 5. The molecule has 25 heavy (non-hydrogen) atoms. The fourth-order valence-electron chi connectivity index (χ4n) is 4.77. The minimum Gasteiger partial charge on any atom is -0.385 e. The van der Waals surface area contributed by atoms with E-state index < -0.39 is 0 Å². The average molecular weight is 347 g/mol. The van der Waals surface area contributed by atoms with Crippen LogP contribution >= 0.6 is 0 Å². The van der Waals surface area contributed by atoms with E-state index in [0.29, 0.717) is 24.0 Å². The number of nitrogens with two attached hydrogens (primary N) is 1. The van der Waals surface area contributed by atoms with E-state index in [9.17, 15) is 0 Å². The van der Waals surface area contributed by atoms with Gasteiger partial charge in [0.15, 0.2) is 0 Å². The minimum absolute atomic E-state index is 0.412. The first-order valence-electron chi connectivity index (χ1n) is 10.3. The molecule has 2 unspecified atom stereocenters. The van der Waals surface area contributed by atoms with Crippen LogP contribution < -0.4 is 16.4 Å². The lowest BCUT2D eigenvalue weighted by molar-refractivity contribution is 0.0547. The molecule has 0 radical (unpaired) electrons. The third-order valence-corrected chi connectivity index (χ3v) is 6.33. The van der Waals surface area contributed by atoms with Crippen molar-refractivity contribution >= 4 is 0 Å². The van der Waals surface area contributed by atoms with Crippen molar-refractivity contribution in [2.24, 2.45) is 11.7 Å². The molecule has 5 heteroatoms. The lowest BCUT2D eigenvalue weighted by Gasteiger charge is -2.38. The highest BCUT2D eigenvalue weighted by atomic mass is 16.5. The Labute approximate surface area is 152 Å². The van der Waals surface area contributed by atoms with Gasteiger partial charge in [0.1, 0.15) is 0 Å². The van der Waals surface area contributed by atoms with Gasteiger partial charge in [-0.2, -0.15) is 0 Å². The number of ether oxygens (including phenoxy) is 1. The molecule has 0 aromatic carbocycles. The zero-order valence-electron chi connectivity index (χ0n) is 15.4. The van der Waals surface area contributed by atoms with Crippen LogP contribution in [-0.4, -0.2) is 55.9 Å². The molecule has 0 aromatic rings. The van der Waals surface area contributed by atoms with Crippen LogP contribution in [0.1, 0.15) is 44.9 Å². The molecule has 1 saturated carbocycles. The van der Waals surface area contributed by atoms with Crippen LogP contribution in [-0.2, 0) is 4.74 Å². The molecule has 0 spiro atoms. The Hall–Kier alpha value is -1.04. The van der Waals surface area contributed by atoms with E-state index in [2.05, 4.69) is 27.7 Å². The Morgan fingerprint density at radius 2 is 1.88 bits per heavy atom. The topological polar surface area (TPSA) is 62.5 Å². The van der Waals surface area contributed by atoms with Gasteiger partial charge in [0.25, 0.3) is 0 Å². The smallest absolute Gasteiger partial charge is 0.0642 e. The van der Waals surface area contributed by atoms with Crippen molar-refractivity contribution in [2.45, 2.75) is 63.1 Å². The first kappa shape index (κ1) is 17.4. The van der Waals surface area contributed by atoms with Crippen molar-refractivity contribution in [3.63, 3.8) is 0 Å². The van der Waals surface area contributed by atoms with Crippen molar-refractivity contribution in [3.8, 4) is 0 Å². The molecule has 4 aliphatic rings. The van der Waals surface area contributed by atoms with E-state index in [0.717, 1.165) is 45.7 Å². The highest BCUT2D eigenvalue weighted by Crippen LogP contribution is 2.32. The summed E-state index contributed by atoms with van der Waals surface area (Å²) in [6.07, 6.45) is 13.5. The van der Waals surface area contributed by atoms with Crippen LogP contribution in [0.4, 0.5) is 0 Å². The molecule has 2 aliphatic carbocycles. The van der Waals surface area contributed by atoms with Gasteiger partial charge in [-0.3, -0.25) is 0 Å². The third-order valence-electron chi connectivity index (χ3n) is 6.33. The standard InChI is InChI=1S/C20H34N4O/c21-15-4-6-16(7-5-15)23-20-14-17(24-9-11-25-12-10-24)13-19-18(20)3-1-2-8-22-19/h13-16,18-19,22-23H,1-12,21H2.